The molecule has 2 rings (SSSR count). The molecule has 1 aromatic rings. The van der Waals surface area contributed by atoms with Crippen LogP contribution in [0.2, 0.25) is 0 Å². The van der Waals surface area contributed by atoms with Gasteiger partial charge in [-0.3, -0.25) is 4.79 Å². The fraction of sp³-hybridized carbons (Fsp3) is 0.533. The predicted octanol–water partition coefficient (Wildman–Crippen LogP) is 4.39. The van der Waals surface area contributed by atoms with Crippen molar-refractivity contribution in [1.29, 1.82) is 0 Å². The van der Waals surface area contributed by atoms with E-state index in [1.807, 2.05) is 0 Å². The molecule has 1 amide bonds. The molecule has 0 aliphatic heterocycles. The van der Waals surface area contributed by atoms with Crippen molar-refractivity contribution in [3.8, 4) is 0 Å². The SMILES string of the molecule is O=C(NCC1(CBr)CCCC1)c1ccc(C(F)(F)F)cc1. The number of hydrogen-bond acceptors (Lipinski definition) is 1. The smallest absolute Gasteiger partial charge is 0.351 e. The first-order chi connectivity index (χ1) is 9.86. The van der Waals surface area contributed by atoms with Crippen LogP contribution < -0.4 is 5.32 Å². The Hall–Kier alpha value is -1.04. The number of hydrogen-bond donors (Lipinski definition) is 1. The third-order valence-electron chi connectivity index (χ3n) is 4.05. The van der Waals surface area contributed by atoms with E-state index >= 15 is 0 Å². The molecule has 1 fully saturated rings. The lowest BCUT2D eigenvalue weighted by Crippen LogP contribution is -2.37. The minimum absolute atomic E-state index is 0.0849. The summed E-state index contributed by atoms with van der Waals surface area (Å²) in [5, 5.41) is 3.67. The summed E-state index contributed by atoms with van der Waals surface area (Å²) in [4.78, 5) is 12.0. The van der Waals surface area contributed by atoms with Gasteiger partial charge in [0.15, 0.2) is 0 Å². The average Bonchev–Trinajstić information content (AvgIpc) is 2.93. The number of rotatable bonds is 4. The highest BCUT2D eigenvalue weighted by Gasteiger charge is 2.33. The van der Waals surface area contributed by atoms with Gasteiger partial charge in [0.2, 0.25) is 0 Å². The van der Waals surface area contributed by atoms with Crippen molar-refractivity contribution >= 4 is 21.8 Å². The van der Waals surface area contributed by atoms with Crippen molar-refractivity contribution in [2.75, 3.05) is 11.9 Å². The Morgan fingerprint density at radius 3 is 2.24 bits per heavy atom. The molecule has 116 valence electrons. The summed E-state index contributed by atoms with van der Waals surface area (Å²) >= 11 is 3.49. The molecule has 1 aliphatic carbocycles. The van der Waals surface area contributed by atoms with Crippen LogP contribution in [0.4, 0.5) is 13.2 Å². The molecule has 0 aromatic heterocycles. The van der Waals surface area contributed by atoms with Crippen LogP contribution in [0.25, 0.3) is 0 Å². The normalized spacial score (nSPS) is 17.7. The van der Waals surface area contributed by atoms with Gasteiger partial charge in [0, 0.05) is 17.4 Å². The minimum atomic E-state index is -4.38. The maximum absolute atomic E-state index is 12.5. The van der Waals surface area contributed by atoms with Crippen LogP contribution in [0.3, 0.4) is 0 Å². The molecule has 6 heteroatoms. The summed E-state index contributed by atoms with van der Waals surface area (Å²) in [5.74, 6) is -0.323. The molecule has 2 nitrogen and oxygen atoms in total. The molecule has 0 spiro atoms. The van der Waals surface area contributed by atoms with Crippen LogP contribution in [0, 0.1) is 5.41 Å². The molecular weight excluding hydrogens is 347 g/mol. The van der Waals surface area contributed by atoms with Crippen LogP contribution in [-0.2, 0) is 6.18 Å². The van der Waals surface area contributed by atoms with Crippen LogP contribution in [0.15, 0.2) is 24.3 Å². The van der Waals surface area contributed by atoms with E-state index in [2.05, 4.69) is 21.2 Å². The molecule has 0 bridgehead atoms. The molecule has 0 unspecified atom stereocenters. The van der Waals surface area contributed by atoms with Gasteiger partial charge in [0.25, 0.3) is 5.91 Å². The second-order valence-electron chi connectivity index (χ2n) is 5.60. The molecular formula is C15H17BrF3NO. The van der Waals surface area contributed by atoms with Gasteiger partial charge in [-0.1, -0.05) is 28.8 Å². The molecule has 0 heterocycles. The van der Waals surface area contributed by atoms with Gasteiger partial charge >= 0.3 is 6.18 Å². The highest BCUT2D eigenvalue weighted by Crippen LogP contribution is 2.39. The first-order valence-electron chi connectivity index (χ1n) is 6.88. The molecule has 0 atom stereocenters. The lowest BCUT2D eigenvalue weighted by molar-refractivity contribution is -0.137. The number of benzene rings is 1. The summed E-state index contributed by atoms with van der Waals surface area (Å²) in [6.07, 6.45) is 0.0550. The van der Waals surface area contributed by atoms with E-state index in [0.29, 0.717) is 6.54 Å². The summed E-state index contributed by atoms with van der Waals surface area (Å²) < 4.78 is 37.4. The zero-order chi connectivity index (χ0) is 15.5. The van der Waals surface area contributed by atoms with E-state index in [0.717, 1.165) is 43.1 Å². The van der Waals surface area contributed by atoms with Gasteiger partial charge in [-0.15, -0.1) is 0 Å². The Balaban J connectivity index is 1.97. The standard InChI is InChI=1S/C15H17BrF3NO/c16-9-14(7-1-2-8-14)10-20-13(21)11-3-5-12(6-4-11)15(17,18)19/h3-6H,1-2,7-10H2,(H,20,21). The third kappa shape index (κ3) is 3.99. The van der Waals surface area contributed by atoms with Gasteiger partial charge in [0.05, 0.1) is 5.56 Å². The first kappa shape index (κ1) is 16.3. The van der Waals surface area contributed by atoms with Crippen LogP contribution >= 0.6 is 15.9 Å². The molecule has 21 heavy (non-hydrogen) atoms. The minimum Gasteiger partial charge on any atom is -0.351 e. The Morgan fingerprint density at radius 1 is 1.19 bits per heavy atom. The van der Waals surface area contributed by atoms with Gasteiger partial charge in [-0.2, -0.15) is 13.2 Å². The lowest BCUT2D eigenvalue weighted by atomic mass is 9.89. The number of amides is 1. The van der Waals surface area contributed by atoms with Crippen molar-refractivity contribution in [1.82, 2.24) is 5.32 Å². The van der Waals surface area contributed by atoms with E-state index < -0.39 is 11.7 Å². The van der Waals surface area contributed by atoms with Crippen molar-refractivity contribution in [2.45, 2.75) is 31.9 Å². The van der Waals surface area contributed by atoms with E-state index in [-0.39, 0.29) is 16.9 Å². The number of carbonyl (C=O) groups excluding carboxylic acids is 1. The summed E-state index contributed by atoms with van der Waals surface area (Å²) in [7, 11) is 0. The van der Waals surface area contributed by atoms with E-state index in [1.165, 1.54) is 12.1 Å². The van der Waals surface area contributed by atoms with Gasteiger partial charge < -0.3 is 5.32 Å². The predicted molar refractivity (Wildman–Crippen MR) is 78.5 cm³/mol. The number of carbonyl (C=O) groups is 1. The summed E-state index contributed by atoms with van der Waals surface area (Å²) in [6, 6.07) is 4.30. The quantitative estimate of drug-likeness (QED) is 0.789. The van der Waals surface area contributed by atoms with E-state index in [4.69, 9.17) is 0 Å². The average molecular weight is 364 g/mol. The molecule has 1 aliphatic rings. The van der Waals surface area contributed by atoms with Crippen molar-refractivity contribution in [3.05, 3.63) is 35.4 Å². The summed E-state index contributed by atoms with van der Waals surface area (Å²) in [6.45, 7) is 0.554. The molecule has 1 aromatic carbocycles. The Morgan fingerprint density at radius 2 is 1.76 bits per heavy atom. The third-order valence-corrected chi connectivity index (χ3v) is 5.24. The van der Waals surface area contributed by atoms with Crippen LogP contribution in [0.1, 0.15) is 41.6 Å². The first-order valence-corrected chi connectivity index (χ1v) is 8.00. The van der Waals surface area contributed by atoms with Crippen molar-refractivity contribution < 1.29 is 18.0 Å². The fourth-order valence-electron chi connectivity index (χ4n) is 2.66. The number of alkyl halides is 4. The topological polar surface area (TPSA) is 29.1 Å². The Labute approximate surface area is 130 Å². The van der Waals surface area contributed by atoms with Crippen LogP contribution in [-0.4, -0.2) is 17.8 Å². The molecule has 1 N–H and O–H groups in total. The zero-order valence-corrected chi connectivity index (χ0v) is 13.1. The van der Waals surface area contributed by atoms with Crippen molar-refractivity contribution in [3.63, 3.8) is 0 Å². The summed E-state index contributed by atoms with van der Waals surface area (Å²) in [5.41, 5.74) is -0.404. The van der Waals surface area contributed by atoms with E-state index in [1.54, 1.807) is 0 Å². The fourth-order valence-corrected chi connectivity index (χ4v) is 3.42. The maximum atomic E-state index is 12.5. The van der Waals surface area contributed by atoms with Crippen LogP contribution in [0.5, 0.6) is 0 Å². The molecule has 1 saturated carbocycles. The zero-order valence-electron chi connectivity index (χ0n) is 11.5. The lowest BCUT2D eigenvalue weighted by Gasteiger charge is -2.26. The maximum Gasteiger partial charge on any atom is 0.416 e. The second kappa shape index (κ2) is 6.38. The highest BCUT2D eigenvalue weighted by molar-refractivity contribution is 9.09. The van der Waals surface area contributed by atoms with Gasteiger partial charge in [-0.05, 0) is 42.5 Å². The largest absolute Gasteiger partial charge is 0.416 e. The van der Waals surface area contributed by atoms with E-state index in [9.17, 15) is 18.0 Å². The van der Waals surface area contributed by atoms with Gasteiger partial charge in [-0.25, -0.2) is 0 Å². The highest BCUT2D eigenvalue weighted by atomic mass is 79.9. The number of nitrogens with one attached hydrogen (secondary N) is 1. The number of halogens is 4. The molecule has 0 saturated heterocycles. The monoisotopic (exact) mass is 363 g/mol. The second-order valence-corrected chi connectivity index (χ2v) is 6.16. The Kier molecular flexibility index (Phi) is 4.96. The molecule has 0 radical (unpaired) electrons. The van der Waals surface area contributed by atoms with Crippen molar-refractivity contribution in [2.24, 2.45) is 5.41 Å². The van der Waals surface area contributed by atoms with Gasteiger partial charge in [0.1, 0.15) is 0 Å². The Bertz CT molecular complexity index is 493.